The molecule has 0 saturated heterocycles. The van der Waals surface area contributed by atoms with Crippen molar-refractivity contribution in [3.8, 4) is 5.75 Å². The average Bonchev–Trinajstić information content (AvgIpc) is 3.22. The zero-order valence-electron chi connectivity index (χ0n) is 13.6. The number of carbonyl (C=O) groups excluding carboxylic acids is 2. The van der Waals surface area contributed by atoms with E-state index in [2.05, 4.69) is 0 Å². The molecule has 0 saturated carbocycles. The van der Waals surface area contributed by atoms with Crippen LogP contribution < -0.4 is 0 Å². The van der Waals surface area contributed by atoms with E-state index < -0.39 is 5.97 Å². The SMILES string of the molecule is CN(Cc1ccsc1)C(=O)COC(=O)Cc1coc2cc(O)ccc12. The molecule has 0 bridgehead atoms. The number of phenolic OH excluding ortho intramolecular Hbond substituents is 1. The molecule has 25 heavy (non-hydrogen) atoms. The van der Waals surface area contributed by atoms with Crippen molar-refractivity contribution in [2.75, 3.05) is 13.7 Å². The van der Waals surface area contributed by atoms with Gasteiger partial charge in [0.1, 0.15) is 11.3 Å². The predicted octanol–water partition coefficient (Wildman–Crippen LogP) is 2.94. The molecule has 0 atom stereocenters. The maximum Gasteiger partial charge on any atom is 0.310 e. The molecule has 0 unspecified atom stereocenters. The van der Waals surface area contributed by atoms with Crippen molar-refractivity contribution in [2.45, 2.75) is 13.0 Å². The molecule has 0 aliphatic rings. The third-order valence-corrected chi connectivity index (χ3v) is 4.49. The van der Waals surface area contributed by atoms with Gasteiger partial charge in [0.15, 0.2) is 6.61 Å². The number of hydrogen-bond acceptors (Lipinski definition) is 6. The van der Waals surface area contributed by atoms with Crippen LogP contribution in [0.25, 0.3) is 11.0 Å². The van der Waals surface area contributed by atoms with Crippen LogP contribution in [-0.2, 0) is 27.3 Å². The van der Waals surface area contributed by atoms with E-state index in [1.54, 1.807) is 24.5 Å². The summed E-state index contributed by atoms with van der Waals surface area (Å²) < 4.78 is 10.4. The van der Waals surface area contributed by atoms with E-state index in [1.807, 2.05) is 16.8 Å². The van der Waals surface area contributed by atoms with Crippen LogP contribution in [0.1, 0.15) is 11.1 Å². The number of nitrogens with zero attached hydrogens (tertiary/aromatic N) is 1. The molecule has 0 aliphatic heterocycles. The van der Waals surface area contributed by atoms with Gasteiger partial charge in [-0.3, -0.25) is 9.59 Å². The molecule has 0 spiro atoms. The molecule has 3 rings (SSSR count). The van der Waals surface area contributed by atoms with Gasteiger partial charge < -0.3 is 19.2 Å². The lowest BCUT2D eigenvalue weighted by Crippen LogP contribution is -2.30. The first-order valence-electron chi connectivity index (χ1n) is 7.62. The van der Waals surface area contributed by atoms with E-state index >= 15 is 0 Å². The molecule has 1 aromatic carbocycles. The summed E-state index contributed by atoms with van der Waals surface area (Å²) in [5, 5.41) is 14.1. The number of thiophene rings is 1. The van der Waals surface area contributed by atoms with Crippen LogP contribution in [0.15, 0.2) is 45.7 Å². The highest BCUT2D eigenvalue weighted by molar-refractivity contribution is 7.07. The van der Waals surface area contributed by atoms with E-state index in [9.17, 15) is 14.7 Å². The number of amides is 1. The number of fused-ring (bicyclic) bond motifs is 1. The lowest BCUT2D eigenvalue weighted by Gasteiger charge is -2.16. The fourth-order valence-corrected chi connectivity index (χ4v) is 3.07. The number of carbonyl (C=O) groups is 2. The zero-order chi connectivity index (χ0) is 17.8. The molecular formula is C18H17NO5S. The summed E-state index contributed by atoms with van der Waals surface area (Å²) in [6.45, 7) is 0.186. The monoisotopic (exact) mass is 359 g/mol. The summed E-state index contributed by atoms with van der Waals surface area (Å²) >= 11 is 1.57. The minimum Gasteiger partial charge on any atom is -0.508 e. The second-order valence-corrected chi connectivity index (χ2v) is 6.44. The molecule has 7 heteroatoms. The van der Waals surface area contributed by atoms with Crippen LogP contribution >= 0.6 is 11.3 Å². The Balaban J connectivity index is 1.52. The van der Waals surface area contributed by atoms with Crippen LogP contribution in [0.2, 0.25) is 0 Å². The average molecular weight is 359 g/mol. The van der Waals surface area contributed by atoms with E-state index in [-0.39, 0.29) is 24.7 Å². The number of esters is 1. The summed E-state index contributed by atoms with van der Waals surface area (Å²) in [5.74, 6) is -0.676. The van der Waals surface area contributed by atoms with Crippen LogP contribution in [0, 0.1) is 0 Å². The van der Waals surface area contributed by atoms with E-state index in [1.165, 1.54) is 23.3 Å². The quantitative estimate of drug-likeness (QED) is 0.685. The molecule has 130 valence electrons. The van der Waals surface area contributed by atoms with Gasteiger partial charge in [-0.05, 0) is 34.5 Å². The largest absolute Gasteiger partial charge is 0.508 e. The fraction of sp³-hybridized carbons (Fsp3) is 0.222. The molecule has 6 nitrogen and oxygen atoms in total. The van der Waals surface area contributed by atoms with Crippen molar-refractivity contribution in [1.29, 1.82) is 0 Å². The van der Waals surface area contributed by atoms with Crippen molar-refractivity contribution in [1.82, 2.24) is 4.90 Å². The Morgan fingerprint density at radius 1 is 1.32 bits per heavy atom. The van der Waals surface area contributed by atoms with Crippen LogP contribution in [0.4, 0.5) is 0 Å². The Morgan fingerprint density at radius 2 is 2.16 bits per heavy atom. The third kappa shape index (κ3) is 4.19. The van der Waals surface area contributed by atoms with Gasteiger partial charge in [0.2, 0.25) is 0 Å². The Labute approximate surface area is 148 Å². The summed E-state index contributed by atoms with van der Waals surface area (Å²) in [4.78, 5) is 25.5. The second kappa shape index (κ2) is 7.40. The van der Waals surface area contributed by atoms with Gasteiger partial charge in [-0.2, -0.15) is 11.3 Å². The number of phenols is 1. The first-order chi connectivity index (χ1) is 12.0. The minimum atomic E-state index is -0.506. The van der Waals surface area contributed by atoms with Crippen molar-refractivity contribution in [3.05, 3.63) is 52.4 Å². The number of ether oxygens (including phenoxy) is 1. The Bertz CT molecular complexity index is 884. The standard InChI is InChI=1S/C18H17NO5S/c1-19(8-12-4-5-25-11-12)17(21)10-24-18(22)6-13-9-23-16-7-14(20)2-3-15(13)16/h2-5,7,9,11,20H,6,8,10H2,1H3. The molecular weight excluding hydrogens is 342 g/mol. The number of rotatable bonds is 6. The number of hydrogen-bond donors (Lipinski definition) is 1. The van der Waals surface area contributed by atoms with Gasteiger partial charge in [-0.15, -0.1) is 0 Å². The normalized spacial score (nSPS) is 10.8. The second-order valence-electron chi connectivity index (χ2n) is 5.66. The maximum atomic E-state index is 12.0. The Morgan fingerprint density at radius 3 is 2.92 bits per heavy atom. The van der Waals surface area contributed by atoms with Gasteiger partial charge >= 0.3 is 5.97 Å². The van der Waals surface area contributed by atoms with Gasteiger partial charge in [0, 0.05) is 30.6 Å². The van der Waals surface area contributed by atoms with Crippen molar-refractivity contribution >= 4 is 34.2 Å². The fourth-order valence-electron chi connectivity index (χ4n) is 2.41. The third-order valence-electron chi connectivity index (χ3n) is 3.76. The molecule has 0 radical (unpaired) electrons. The Kier molecular flexibility index (Phi) is 5.04. The molecule has 1 N–H and O–H groups in total. The smallest absolute Gasteiger partial charge is 0.310 e. The zero-order valence-corrected chi connectivity index (χ0v) is 14.4. The van der Waals surface area contributed by atoms with E-state index in [4.69, 9.17) is 9.15 Å². The van der Waals surface area contributed by atoms with E-state index in [0.29, 0.717) is 17.7 Å². The number of benzene rings is 1. The van der Waals surface area contributed by atoms with E-state index in [0.717, 1.165) is 10.9 Å². The molecule has 2 aromatic heterocycles. The predicted molar refractivity (Wildman–Crippen MR) is 93.3 cm³/mol. The van der Waals surface area contributed by atoms with Crippen LogP contribution in [0.5, 0.6) is 5.75 Å². The van der Waals surface area contributed by atoms with Crippen molar-refractivity contribution in [3.63, 3.8) is 0 Å². The van der Waals surface area contributed by atoms with Gasteiger partial charge in [-0.1, -0.05) is 0 Å². The summed E-state index contributed by atoms with van der Waals surface area (Å²) in [6.07, 6.45) is 1.45. The Hall–Kier alpha value is -2.80. The van der Waals surface area contributed by atoms with Crippen molar-refractivity contribution < 1.29 is 23.8 Å². The molecule has 1 amide bonds. The molecule has 0 aliphatic carbocycles. The summed E-state index contributed by atoms with van der Waals surface area (Å²) in [6, 6.07) is 6.63. The summed E-state index contributed by atoms with van der Waals surface area (Å²) in [5.41, 5.74) is 2.19. The maximum absolute atomic E-state index is 12.0. The van der Waals surface area contributed by atoms with Crippen LogP contribution in [-0.4, -0.2) is 35.5 Å². The highest BCUT2D eigenvalue weighted by Gasteiger charge is 2.15. The number of furan rings is 1. The van der Waals surface area contributed by atoms with Crippen molar-refractivity contribution in [2.24, 2.45) is 0 Å². The molecule has 3 aromatic rings. The molecule has 0 fully saturated rings. The number of aromatic hydroxyl groups is 1. The number of likely N-dealkylation sites (N-methyl/N-ethyl adjacent to an activating group) is 1. The van der Waals surface area contributed by atoms with Gasteiger partial charge in [0.25, 0.3) is 5.91 Å². The minimum absolute atomic E-state index is 0.000694. The lowest BCUT2D eigenvalue weighted by molar-refractivity contribution is -0.151. The highest BCUT2D eigenvalue weighted by Crippen LogP contribution is 2.25. The first-order valence-corrected chi connectivity index (χ1v) is 8.57. The summed E-state index contributed by atoms with van der Waals surface area (Å²) in [7, 11) is 1.67. The van der Waals surface area contributed by atoms with Gasteiger partial charge in [0.05, 0.1) is 12.7 Å². The highest BCUT2D eigenvalue weighted by atomic mass is 32.1. The topological polar surface area (TPSA) is 80.0 Å². The lowest BCUT2D eigenvalue weighted by atomic mass is 10.1. The van der Waals surface area contributed by atoms with Gasteiger partial charge in [-0.25, -0.2) is 0 Å². The van der Waals surface area contributed by atoms with Crippen LogP contribution in [0.3, 0.4) is 0 Å². The molecule has 2 heterocycles. The first kappa shape index (κ1) is 17.0.